The molecule has 0 unspecified atom stereocenters. The Balaban J connectivity index is 1.27. The van der Waals surface area contributed by atoms with Crippen LogP contribution in [0.25, 0.3) is 0 Å². The largest absolute Gasteiger partial charge is 0.497 e. The van der Waals surface area contributed by atoms with Crippen LogP contribution in [0, 0.1) is 6.92 Å². The van der Waals surface area contributed by atoms with Crippen molar-refractivity contribution in [3.63, 3.8) is 0 Å². The van der Waals surface area contributed by atoms with Crippen molar-refractivity contribution < 1.29 is 14.3 Å². The zero-order valence-corrected chi connectivity index (χ0v) is 19.8. The number of hydrogen-bond donors (Lipinski definition) is 0. The van der Waals surface area contributed by atoms with E-state index in [2.05, 4.69) is 15.0 Å². The maximum absolute atomic E-state index is 13.2. The van der Waals surface area contributed by atoms with E-state index in [9.17, 15) is 4.79 Å². The normalized spacial score (nSPS) is 15.3. The summed E-state index contributed by atoms with van der Waals surface area (Å²) in [5, 5.41) is 0. The third-order valence-electron chi connectivity index (χ3n) is 6.07. The monoisotopic (exact) mass is 469 g/mol. The number of hydrogen-bond acceptors (Lipinski definition) is 6. The van der Waals surface area contributed by atoms with E-state index in [0.29, 0.717) is 42.7 Å². The number of amides is 1. The number of nitrogens with zero attached hydrogens (tertiary/aromatic N) is 5. The maximum atomic E-state index is 13.2. The second-order valence-corrected chi connectivity index (χ2v) is 8.66. The summed E-state index contributed by atoms with van der Waals surface area (Å²) in [7, 11) is 1.63. The van der Waals surface area contributed by atoms with Crippen molar-refractivity contribution in [1.29, 1.82) is 0 Å². The Morgan fingerprint density at radius 2 is 1.91 bits per heavy atom. The molecule has 1 aliphatic heterocycles. The SMILES string of the molecule is COc1ccc(Oc2cc(C)nc([C@@H]3CCN(C(=O)c4cccc(Cn5ccnc5)c4)C3)n2)cc1. The number of ether oxygens (including phenoxy) is 2. The van der Waals surface area contributed by atoms with Crippen molar-refractivity contribution in [2.24, 2.45) is 0 Å². The van der Waals surface area contributed by atoms with Gasteiger partial charge in [-0.25, -0.2) is 9.97 Å². The fraction of sp³-hybridized carbons (Fsp3) is 0.259. The first kappa shape index (κ1) is 22.6. The second-order valence-electron chi connectivity index (χ2n) is 8.66. The number of likely N-dealkylation sites (tertiary alicyclic amines) is 1. The molecular weight excluding hydrogens is 442 g/mol. The first-order valence-corrected chi connectivity index (χ1v) is 11.6. The molecule has 8 heteroatoms. The van der Waals surface area contributed by atoms with Gasteiger partial charge in [0.2, 0.25) is 5.88 Å². The van der Waals surface area contributed by atoms with Gasteiger partial charge in [0.15, 0.2) is 0 Å². The first-order valence-electron chi connectivity index (χ1n) is 11.6. The Morgan fingerprint density at radius 1 is 1.09 bits per heavy atom. The van der Waals surface area contributed by atoms with Gasteiger partial charge < -0.3 is 18.9 Å². The lowest BCUT2D eigenvalue weighted by Gasteiger charge is -2.17. The van der Waals surface area contributed by atoms with Crippen LogP contribution in [0.2, 0.25) is 0 Å². The number of methoxy groups -OCH3 is 1. The van der Waals surface area contributed by atoms with E-state index in [4.69, 9.17) is 9.47 Å². The summed E-state index contributed by atoms with van der Waals surface area (Å²) in [5.74, 6) is 2.73. The lowest BCUT2D eigenvalue weighted by molar-refractivity contribution is 0.0790. The lowest BCUT2D eigenvalue weighted by atomic mass is 10.1. The van der Waals surface area contributed by atoms with Crippen molar-refractivity contribution in [3.05, 3.63) is 96.0 Å². The molecule has 1 amide bonds. The molecule has 178 valence electrons. The van der Waals surface area contributed by atoms with Crippen LogP contribution in [-0.4, -0.2) is 50.5 Å². The number of aromatic nitrogens is 4. The Labute approximate surface area is 204 Å². The van der Waals surface area contributed by atoms with Gasteiger partial charge in [0.05, 0.1) is 13.4 Å². The number of imidazole rings is 1. The molecule has 35 heavy (non-hydrogen) atoms. The summed E-state index contributed by atoms with van der Waals surface area (Å²) < 4.78 is 13.1. The van der Waals surface area contributed by atoms with Crippen LogP contribution in [-0.2, 0) is 6.54 Å². The summed E-state index contributed by atoms with van der Waals surface area (Å²) in [5.41, 5.74) is 2.58. The maximum Gasteiger partial charge on any atom is 0.253 e. The van der Waals surface area contributed by atoms with E-state index in [1.54, 1.807) is 19.6 Å². The number of aryl methyl sites for hydroxylation is 1. The van der Waals surface area contributed by atoms with E-state index in [-0.39, 0.29) is 11.8 Å². The summed E-state index contributed by atoms with van der Waals surface area (Å²) in [4.78, 5) is 28.5. The van der Waals surface area contributed by atoms with Crippen LogP contribution in [0.3, 0.4) is 0 Å². The van der Waals surface area contributed by atoms with Gasteiger partial charge in [-0.1, -0.05) is 12.1 Å². The minimum absolute atomic E-state index is 0.0299. The van der Waals surface area contributed by atoms with Crippen molar-refractivity contribution in [3.8, 4) is 17.4 Å². The molecule has 0 spiro atoms. The number of carbonyl (C=O) groups excluding carboxylic acids is 1. The van der Waals surface area contributed by atoms with E-state index < -0.39 is 0 Å². The van der Waals surface area contributed by atoms with Crippen molar-refractivity contribution >= 4 is 5.91 Å². The Morgan fingerprint density at radius 3 is 2.69 bits per heavy atom. The third kappa shape index (κ3) is 5.32. The lowest BCUT2D eigenvalue weighted by Crippen LogP contribution is -2.28. The molecule has 5 rings (SSSR count). The average molecular weight is 470 g/mol. The number of benzene rings is 2. The van der Waals surface area contributed by atoms with Gasteiger partial charge >= 0.3 is 0 Å². The molecule has 1 aliphatic rings. The van der Waals surface area contributed by atoms with E-state index in [0.717, 1.165) is 23.4 Å². The van der Waals surface area contributed by atoms with Gasteiger partial charge in [-0.05, 0) is 55.3 Å². The molecule has 1 fully saturated rings. The predicted molar refractivity (Wildman–Crippen MR) is 131 cm³/mol. The molecule has 2 aromatic carbocycles. The van der Waals surface area contributed by atoms with Crippen LogP contribution >= 0.6 is 0 Å². The standard InChI is InChI=1S/C27H27N5O3/c1-19-14-25(35-24-8-6-23(34-2)7-9-24)30-26(29-19)22-10-12-32(17-22)27(33)21-5-3-4-20(15-21)16-31-13-11-28-18-31/h3-9,11,13-15,18,22H,10,12,16-17H2,1-2H3/t22-/m1/s1. The highest BCUT2D eigenvalue weighted by Crippen LogP contribution is 2.29. The van der Waals surface area contributed by atoms with E-state index in [1.165, 1.54) is 0 Å². The van der Waals surface area contributed by atoms with Gasteiger partial charge in [0.25, 0.3) is 5.91 Å². The zero-order valence-electron chi connectivity index (χ0n) is 19.8. The average Bonchev–Trinajstić information content (AvgIpc) is 3.57. The summed E-state index contributed by atoms with van der Waals surface area (Å²) in [6.45, 7) is 3.85. The minimum Gasteiger partial charge on any atom is -0.497 e. The Hall–Kier alpha value is -4.20. The van der Waals surface area contributed by atoms with Crippen molar-refractivity contribution in [2.45, 2.75) is 25.8 Å². The van der Waals surface area contributed by atoms with Crippen LogP contribution < -0.4 is 9.47 Å². The Bertz CT molecular complexity index is 1300. The van der Waals surface area contributed by atoms with Crippen LogP contribution in [0.5, 0.6) is 17.4 Å². The van der Waals surface area contributed by atoms with Gasteiger partial charge in [-0.2, -0.15) is 4.98 Å². The van der Waals surface area contributed by atoms with Gasteiger partial charge in [-0.3, -0.25) is 4.79 Å². The molecule has 0 bridgehead atoms. The topological polar surface area (TPSA) is 82.4 Å². The third-order valence-corrected chi connectivity index (χ3v) is 6.07. The summed E-state index contributed by atoms with van der Waals surface area (Å²) >= 11 is 0. The molecule has 2 aromatic heterocycles. The molecule has 0 saturated carbocycles. The second kappa shape index (κ2) is 9.97. The molecule has 0 radical (unpaired) electrons. The molecule has 3 heterocycles. The molecule has 8 nitrogen and oxygen atoms in total. The summed E-state index contributed by atoms with van der Waals surface area (Å²) in [6.07, 6.45) is 6.24. The number of carbonyl (C=O) groups is 1. The first-order chi connectivity index (χ1) is 17.1. The molecular formula is C27H27N5O3. The van der Waals surface area contributed by atoms with Crippen LogP contribution in [0.15, 0.2) is 73.3 Å². The molecule has 1 atom stereocenters. The smallest absolute Gasteiger partial charge is 0.253 e. The molecule has 0 aliphatic carbocycles. The van der Waals surface area contributed by atoms with Crippen molar-refractivity contribution in [2.75, 3.05) is 20.2 Å². The van der Waals surface area contributed by atoms with Gasteiger partial charge in [0.1, 0.15) is 17.3 Å². The highest BCUT2D eigenvalue weighted by molar-refractivity contribution is 5.94. The van der Waals surface area contributed by atoms with Gasteiger partial charge in [0, 0.05) is 55.3 Å². The van der Waals surface area contributed by atoms with Crippen LogP contribution in [0.4, 0.5) is 0 Å². The van der Waals surface area contributed by atoms with Crippen molar-refractivity contribution in [1.82, 2.24) is 24.4 Å². The molecule has 1 saturated heterocycles. The fourth-order valence-corrected chi connectivity index (χ4v) is 4.29. The van der Waals surface area contributed by atoms with Gasteiger partial charge in [-0.15, -0.1) is 0 Å². The van der Waals surface area contributed by atoms with E-state index >= 15 is 0 Å². The molecule has 0 N–H and O–H groups in total. The minimum atomic E-state index is 0.0299. The zero-order chi connectivity index (χ0) is 24.2. The van der Waals surface area contributed by atoms with E-state index in [1.807, 2.05) is 77.2 Å². The highest BCUT2D eigenvalue weighted by Gasteiger charge is 2.30. The predicted octanol–water partition coefficient (Wildman–Crippen LogP) is 4.46. The fourth-order valence-electron chi connectivity index (χ4n) is 4.29. The Kier molecular flexibility index (Phi) is 6.43. The summed E-state index contributed by atoms with van der Waals surface area (Å²) in [6, 6.07) is 17.0. The molecule has 4 aromatic rings. The highest BCUT2D eigenvalue weighted by atomic mass is 16.5. The van der Waals surface area contributed by atoms with Crippen LogP contribution in [0.1, 0.15) is 39.8 Å². The quantitative estimate of drug-likeness (QED) is 0.397. The number of rotatable bonds is 7.